The molecule has 0 radical (unpaired) electrons. The maximum Gasteiger partial charge on any atom is 1.00 e. The van der Waals surface area contributed by atoms with Crippen molar-refractivity contribution in [3.63, 3.8) is 0 Å². The molecule has 0 unspecified atom stereocenters. The molecule has 0 aliphatic heterocycles. The molecule has 1 amide bonds. The molecule has 0 heterocycles. The van der Waals surface area contributed by atoms with Crippen LogP contribution < -0.4 is 70.0 Å². The minimum atomic E-state index is -1.58. The van der Waals surface area contributed by atoms with Crippen LogP contribution in [0.1, 0.15) is 0 Å². The monoisotopic (exact) mass is 123 g/mol. The number of nitrogens with two attached hydrogens (primary N) is 1. The first kappa shape index (κ1) is 24.0. The molecule has 4 nitrogen and oxygen atoms in total. The fraction of sp³-hybridized carbons (Fsp3) is 0. The van der Waals surface area contributed by atoms with Crippen molar-refractivity contribution in [1.29, 1.82) is 0 Å². The molecule has 0 aliphatic rings. The predicted octanol–water partition coefficient (Wildman–Crippen LogP) is -7.88. The smallest absolute Gasteiger partial charge is 0.870 e. The Morgan fingerprint density at radius 1 is 1.43 bits per heavy atom. The van der Waals surface area contributed by atoms with Crippen molar-refractivity contribution in [3.05, 3.63) is 0 Å². The van der Waals surface area contributed by atoms with Gasteiger partial charge in [-0.2, -0.15) is 0 Å². The fourth-order valence-corrected chi connectivity index (χ4v) is 0. The zero-order chi connectivity index (χ0) is 3.58. The van der Waals surface area contributed by atoms with E-state index >= 15 is 0 Å². The summed E-state index contributed by atoms with van der Waals surface area (Å²) in [6.45, 7) is 0. The molecule has 0 spiro atoms. The summed E-state index contributed by atoms with van der Waals surface area (Å²) >= 11 is 0. The summed E-state index contributed by atoms with van der Waals surface area (Å²) in [5.41, 5.74) is 3.92. The van der Waals surface area contributed by atoms with Crippen LogP contribution in [0, 0.1) is 0 Å². The summed E-state index contributed by atoms with van der Waals surface area (Å²) in [4.78, 5) is 8.67. The van der Waals surface area contributed by atoms with Gasteiger partial charge >= 0.3 is 59.1 Å². The molecule has 0 atom stereocenters. The van der Waals surface area contributed by atoms with E-state index in [4.69, 9.17) is 9.90 Å². The molecule has 0 aliphatic carbocycles. The Hall–Kier alpha value is 1.23. The first-order chi connectivity index (χ1) is 1.73. The summed E-state index contributed by atoms with van der Waals surface area (Å²) < 4.78 is 0. The van der Waals surface area contributed by atoms with Gasteiger partial charge in [-0.25, -0.2) is 0 Å². The summed E-state index contributed by atoms with van der Waals surface area (Å²) in [5.74, 6) is 0. The Balaban J connectivity index is -0.0000000150. The van der Waals surface area contributed by atoms with Crippen LogP contribution >= 0.6 is 0 Å². The molecule has 7 heavy (non-hydrogen) atoms. The number of rotatable bonds is 0. The first-order valence-corrected chi connectivity index (χ1v) is 0.697. The van der Waals surface area contributed by atoms with Gasteiger partial charge in [-0.1, -0.05) is 0 Å². The minimum Gasteiger partial charge on any atom is -0.870 e. The molecule has 0 aromatic heterocycles. The molecular formula is CH3NNa2O3. The molecule has 0 saturated carbocycles. The van der Waals surface area contributed by atoms with Crippen LogP contribution in [-0.4, -0.2) is 11.6 Å². The number of carboxylic acid groups (broad SMARTS) is 1. The van der Waals surface area contributed by atoms with Crippen LogP contribution in [0.15, 0.2) is 0 Å². The van der Waals surface area contributed by atoms with E-state index in [2.05, 4.69) is 5.73 Å². The molecule has 0 bridgehead atoms. The van der Waals surface area contributed by atoms with Crippen molar-refractivity contribution < 1.29 is 74.5 Å². The normalized spacial score (nSPS) is 3.43. The maximum atomic E-state index is 8.67. The molecule has 0 fully saturated rings. The third-order valence-electron chi connectivity index (χ3n) is 0. The third kappa shape index (κ3) is 131. The molecule has 0 saturated heterocycles. The Labute approximate surface area is 85.3 Å². The standard InChI is InChI=1S/CH3NO2.2Na.H2O/c2-1(3)4;;;/h2H2,(H,3,4);;;1H2/q;2*+1;/p-2. The maximum absolute atomic E-state index is 8.67. The largest absolute Gasteiger partial charge is 1.00 e. The van der Waals surface area contributed by atoms with Gasteiger partial charge in [0.1, 0.15) is 6.09 Å². The number of amides is 1. The van der Waals surface area contributed by atoms with Gasteiger partial charge in [-0.05, 0) is 0 Å². The van der Waals surface area contributed by atoms with Gasteiger partial charge < -0.3 is 21.1 Å². The summed E-state index contributed by atoms with van der Waals surface area (Å²) in [6.07, 6.45) is -1.58. The summed E-state index contributed by atoms with van der Waals surface area (Å²) in [5, 5.41) is 8.67. The van der Waals surface area contributed by atoms with Crippen molar-refractivity contribution >= 4 is 6.09 Å². The van der Waals surface area contributed by atoms with Gasteiger partial charge in [0.15, 0.2) is 0 Å². The zero-order valence-electron chi connectivity index (χ0n) is 4.34. The number of primary amides is 1. The van der Waals surface area contributed by atoms with Gasteiger partial charge in [-0.15, -0.1) is 0 Å². The van der Waals surface area contributed by atoms with Crippen molar-refractivity contribution in [1.82, 2.24) is 0 Å². The number of carbonyl (C=O) groups is 1. The molecule has 0 aromatic rings. The zero-order valence-corrected chi connectivity index (χ0v) is 8.34. The molecule has 32 valence electrons. The van der Waals surface area contributed by atoms with E-state index in [1.165, 1.54) is 0 Å². The van der Waals surface area contributed by atoms with Crippen molar-refractivity contribution in [2.24, 2.45) is 5.73 Å². The van der Waals surface area contributed by atoms with Crippen LogP contribution in [0.3, 0.4) is 0 Å². The van der Waals surface area contributed by atoms with E-state index in [0.717, 1.165) is 0 Å². The van der Waals surface area contributed by atoms with Gasteiger partial charge in [0, 0.05) is 0 Å². The number of hydrogen-bond donors (Lipinski definition) is 1. The van der Waals surface area contributed by atoms with Crippen LogP contribution in [0.5, 0.6) is 0 Å². The van der Waals surface area contributed by atoms with E-state index in [9.17, 15) is 0 Å². The quantitative estimate of drug-likeness (QED) is 0.324. The molecule has 0 rings (SSSR count). The van der Waals surface area contributed by atoms with Gasteiger partial charge in [-0.3, -0.25) is 0 Å². The van der Waals surface area contributed by atoms with Crippen LogP contribution in [0.25, 0.3) is 0 Å². The SMILES string of the molecule is NC(=O)[O-].[Na+].[Na+].[OH-]. The summed E-state index contributed by atoms with van der Waals surface area (Å²) in [7, 11) is 0. The van der Waals surface area contributed by atoms with E-state index in [0.29, 0.717) is 0 Å². The third-order valence-corrected chi connectivity index (χ3v) is 0. The van der Waals surface area contributed by atoms with Gasteiger partial charge in [0.2, 0.25) is 0 Å². The number of hydrogen-bond acceptors (Lipinski definition) is 3. The minimum absolute atomic E-state index is 0. The Morgan fingerprint density at radius 2 is 1.43 bits per heavy atom. The second kappa shape index (κ2) is 15.7. The average molecular weight is 123 g/mol. The number of carbonyl (C=O) groups excluding carboxylic acids is 1. The average Bonchev–Trinajstić information content (AvgIpc) is 0.811. The Bertz CT molecular complexity index is 35.9. The topological polar surface area (TPSA) is 96.2 Å². The van der Waals surface area contributed by atoms with Crippen LogP contribution in [0.2, 0.25) is 0 Å². The Kier molecular flexibility index (Phi) is 53.9. The second-order valence-corrected chi connectivity index (χ2v) is 0.319. The van der Waals surface area contributed by atoms with Crippen molar-refractivity contribution in [3.8, 4) is 0 Å². The van der Waals surface area contributed by atoms with Crippen molar-refractivity contribution in [2.75, 3.05) is 0 Å². The second-order valence-electron chi connectivity index (χ2n) is 0.319. The van der Waals surface area contributed by atoms with E-state index in [-0.39, 0.29) is 64.6 Å². The molecule has 0 aromatic carbocycles. The Morgan fingerprint density at radius 3 is 1.43 bits per heavy atom. The molecule has 6 heteroatoms. The van der Waals surface area contributed by atoms with Gasteiger partial charge in [0.05, 0.1) is 0 Å². The predicted molar refractivity (Wildman–Crippen MR) is 11.5 cm³/mol. The van der Waals surface area contributed by atoms with Gasteiger partial charge in [0.25, 0.3) is 0 Å². The van der Waals surface area contributed by atoms with E-state index in [1.807, 2.05) is 0 Å². The molecule has 3 N–H and O–H groups in total. The van der Waals surface area contributed by atoms with E-state index < -0.39 is 6.09 Å². The van der Waals surface area contributed by atoms with Crippen molar-refractivity contribution in [2.45, 2.75) is 0 Å². The molecular weight excluding hydrogens is 120 g/mol. The fourth-order valence-electron chi connectivity index (χ4n) is 0. The summed E-state index contributed by atoms with van der Waals surface area (Å²) in [6, 6.07) is 0. The van der Waals surface area contributed by atoms with E-state index in [1.54, 1.807) is 0 Å². The van der Waals surface area contributed by atoms with Crippen LogP contribution in [-0.2, 0) is 0 Å². The van der Waals surface area contributed by atoms with Crippen LogP contribution in [0.4, 0.5) is 4.79 Å². The first-order valence-electron chi connectivity index (χ1n) is 0.697.